The molecule has 2 amide bonds. The van der Waals surface area contributed by atoms with Gasteiger partial charge in [-0.25, -0.2) is 4.79 Å². The van der Waals surface area contributed by atoms with E-state index in [1.54, 1.807) is 23.1 Å². The predicted octanol–water partition coefficient (Wildman–Crippen LogP) is 2.18. The highest BCUT2D eigenvalue weighted by Crippen LogP contribution is 2.23. The van der Waals surface area contributed by atoms with Crippen LogP contribution in [0.3, 0.4) is 0 Å². The summed E-state index contributed by atoms with van der Waals surface area (Å²) in [5.74, 6) is 0. The van der Waals surface area contributed by atoms with Crippen LogP contribution in [0, 0.1) is 0 Å². The van der Waals surface area contributed by atoms with Crippen molar-refractivity contribution in [2.75, 3.05) is 30.9 Å². The molecule has 0 saturated carbocycles. The second-order valence-electron chi connectivity index (χ2n) is 5.29. The molecule has 2 rings (SSSR count). The second kappa shape index (κ2) is 7.13. The molecule has 1 aromatic carbocycles. The number of rotatable bonds is 6. The lowest BCUT2D eigenvalue weighted by atomic mass is 10.2. The van der Waals surface area contributed by atoms with E-state index in [1.807, 2.05) is 21.0 Å². The van der Waals surface area contributed by atoms with E-state index < -0.39 is 0 Å². The van der Waals surface area contributed by atoms with Gasteiger partial charge in [-0.2, -0.15) is 4.98 Å². The Bertz CT molecular complexity index is 639. The summed E-state index contributed by atoms with van der Waals surface area (Å²) in [4.78, 5) is 18.0. The fourth-order valence-corrected chi connectivity index (χ4v) is 2.07. The van der Waals surface area contributed by atoms with Crippen molar-refractivity contribution < 1.29 is 14.3 Å². The van der Waals surface area contributed by atoms with Gasteiger partial charge in [0.25, 0.3) is 6.01 Å². The molecule has 2 aromatic rings. The zero-order valence-electron chi connectivity index (χ0n) is 13.1. The zero-order valence-corrected chi connectivity index (χ0v) is 13.1. The summed E-state index contributed by atoms with van der Waals surface area (Å²) >= 11 is 0. The molecule has 0 aliphatic heterocycles. The van der Waals surface area contributed by atoms with E-state index in [2.05, 4.69) is 15.6 Å². The van der Waals surface area contributed by atoms with Gasteiger partial charge in [0.2, 0.25) is 0 Å². The molecule has 1 unspecified atom stereocenters. The van der Waals surface area contributed by atoms with Crippen molar-refractivity contribution in [3.05, 3.63) is 18.2 Å². The quantitative estimate of drug-likeness (QED) is 0.761. The fourth-order valence-electron chi connectivity index (χ4n) is 2.07. The largest absolute Gasteiger partial charge is 0.423 e. The van der Waals surface area contributed by atoms with Crippen molar-refractivity contribution in [2.45, 2.75) is 25.8 Å². The van der Waals surface area contributed by atoms with E-state index in [9.17, 15) is 4.79 Å². The standard InChI is InChI=1S/C15H22N4O3/c1-4-10(7-8-20)16-14(21)17-11-5-6-12-13(9-11)22-15(18-12)19(2)3/h5-6,9-10,20H,4,7-8H2,1-3H3,(H2,16,17,21). The Morgan fingerprint density at radius 3 is 2.86 bits per heavy atom. The topological polar surface area (TPSA) is 90.6 Å². The van der Waals surface area contributed by atoms with Gasteiger partial charge < -0.3 is 25.1 Å². The smallest absolute Gasteiger partial charge is 0.319 e. The third-order valence-corrected chi connectivity index (χ3v) is 3.32. The van der Waals surface area contributed by atoms with Crippen LogP contribution < -0.4 is 15.5 Å². The first-order valence-electron chi connectivity index (χ1n) is 7.29. The third kappa shape index (κ3) is 3.88. The summed E-state index contributed by atoms with van der Waals surface area (Å²) in [6.07, 6.45) is 1.30. The molecular formula is C15H22N4O3. The van der Waals surface area contributed by atoms with Crippen LogP contribution in [-0.2, 0) is 0 Å². The highest BCUT2D eigenvalue weighted by Gasteiger charge is 2.12. The van der Waals surface area contributed by atoms with Crippen molar-refractivity contribution in [1.29, 1.82) is 0 Å². The summed E-state index contributed by atoms with van der Waals surface area (Å²) in [5, 5.41) is 14.5. The molecule has 0 saturated heterocycles. The molecule has 1 atom stereocenters. The number of benzene rings is 1. The number of carbonyl (C=O) groups excluding carboxylic acids is 1. The Hall–Kier alpha value is -2.28. The van der Waals surface area contributed by atoms with Gasteiger partial charge in [-0.05, 0) is 25.0 Å². The van der Waals surface area contributed by atoms with E-state index in [0.717, 1.165) is 11.9 Å². The number of aromatic nitrogens is 1. The van der Waals surface area contributed by atoms with Gasteiger partial charge in [-0.1, -0.05) is 6.92 Å². The minimum atomic E-state index is -0.299. The number of nitrogens with one attached hydrogen (secondary N) is 2. The molecule has 0 spiro atoms. The van der Waals surface area contributed by atoms with Crippen molar-refractivity contribution >= 4 is 28.8 Å². The number of aliphatic hydroxyl groups is 1. The summed E-state index contributed by atoms with van der Waals surface area (Å²) in [6, 6.07) is 5.49. The zero-order chi connectivity index (χ0) is 16.1. The molecular weight excluding hydrogens is 284 g/mol. The minimum Gasteiger partial charge on any atom is -0.423 e. The van der Waals surface area contributed by atoms with Crippen LogP contribution in [0.15, 0.2) is 22.6 Å². The number of aliphatic hydroxyl groups excluding tert-OH is 1. The summed E-state index contributed by atoms with van der Waals surface area (Å²) < 4.78 is 5.60. The number of amides is 2. The van der Waals surface area contributed by atoms with Crippen LogP contribution in [0.4, 0.5) is 16.5 Å². The van der Waals surface area contributed by atoms with Gasteiger partial charge in [-0.15, -0.1) is 0 Å². The number of oxazole rings is 1. The van der Waals surface area contributed by atoms with E-state index in [4.69, 9.17) is 9.52 Å². The fraction of sp³-hybridized carbons (Fsp3) is 0.467. The van der Waals surface area contributed by atoms with E-state index in [0.29, 0.717) is 23.7 Å². The molecule has 120 valence electrons. The van der Waals surface area contributed by atoms with Crippen molar-refractivity contribution in [3.8, 4) is 0 Å². The third-order valence-electron chi connectivity index (χ3n) is 3.32. The Kier molecular flexibility index (Phi) is 5.21. The SMILES string of the molecule is CCC(CCO)NC(=O)Nc1ccc2nc(N(C)C)oc2c1. The molecule has 1 aromatic heterocycles. The molecule has 7 heteroatoms. The van der Waals surface area contributed by atoms with Crippen LogP contribution in [0.2, 0.25) is 0 Å². The number of urea groups is 1. The molecule has 0 fully saturated rings. The maximum atomic E-state index is 11.9. The maximum absolute atomic E-state index is 11.9. The van der Waals surface area contributed by atoms with Gasteiger partial charge >= 0.3 is 6.03 Å². The van der Waals surface area contributed by atoms with E-state index >= 15 is 0 Å². The van der Waals surface area contributed by atoms with Gasteiger partial charge in [-0.3, -0.25) is 0 Å². The first kappa shape index (κ1) is 16.1. The summed E-state index contributed by atoms with van der Waals surface area (Å²) in [6.45, 7) is 2.01. The molecule has 22 heavy (non-hydrogen) atoms. The first-order chi connectivity index (χ1) is 10.5. The molecule has 1 heterocycles. The second-order valence-corrected chi connectivity index (χ2v) is 5.29. The monoisotopic (exact) mass is 306 g/mol. The lowest BCUT2D eigenvalue weighted by Crippen LogP contribution is -2.38. The number of hydrogen-bond acceptors (Lipinski definition) is 5. The van der Waals surface area contributed by atoms with Crippen molar-refractivity contribution in [1.82, 2.24) is 10.3 Å². The number of hydrogen-bond donors (Lipinski definition) is 3. The molecule has 0 aliphatic rings. The predicted molar refractivity (Wildman–Crippen MR) is 86.3 cm³/mol. The minimum absolute atomic E-state index is 0.0423. The van der Waals surface area contributed by atoms with Crippen LogP contribution in [0.25, 0.3) is 11.1 Å². The lowest BCUT2D eigenvalue weighted by molar-refractivity contribution is 0.237. The van der Waals surface area contributed by atoms with E-state index in [1.165, 1.54) is 0 Å². The van der Waals surface area contributed by atoms with Crippen molar-refractivity contribution in [3.63, 3.8) is 0 Å². The highest BCUT2D eigenvalue weighted by atomic mass is 16.4. The van der Waals surface area contributed by atoms with E-state index in [-0.39, 0.29) is 18.7 Å². The molecule has 0 radical (unpaired) electrons. The Labute approximate surface area is 129 Å². The summed E-state index contributed by atoms with van der Waals surface area (Å²) in [7, 11) is 3.70. The Morgan fingerprint density at radius 1 is 1.45 bits per heavy atom. The van der Waals surface area contributed by atoms with Crippen LogP contribution >= 0.6 is 0 Å². The number of carbonyl (C=O) groups is 1. The van der Waals surface area contributed by atoms with Gasteiger partial charge in [0.1, 0.15) is 5.52 Å². The van der Waals surface area contributed by atoms with Gasteiger partial charge in [0.05, 0.1) is 0 Å². The average molecular weight is 306 g/mol. The number of nitrogens with zero attached hydrogens (tertiary/aromatic N) is 2. The highest BCUT2D eigenvalue weighted by molar-refractivity contribution is 5.91. The molecule has 3 N–H and O–H groups in total. The lowest BCUT2D eigenvalue weighted by Gasteiger charge is -2.16. The normalized spacial score (nSPS) is 12.2. The Balaban J connectivity index is 2.06. The van der Waals surface area contributed by atoms with Crippen LogP contribution in [0.5, 0.6) is 0 Å². The van der Waals surface area contributed by atoms with Gasteiger partial charge in [0, 0.05) is 38.5 Å². The molecule has 0 bridgehead atoms. The average Bonchev–Trinajstić information content (AvgIpc) is 2.90. The summed E-state index contributed by atoms with van der Waals surface area (Å²) in [5.41, 5.74) is 1.98. The van der Waals surface area contributed by atoms with Gasteiger partial charge in [0.15, 0.2) is 5.58 Å². The Morgan fingerprint density at radius 2 is 2.23 bits per heavy atom. The van der Waals surface area contributed by atoms with Crippen LogP contribution in [-0.4, -0.2) is 42.9 Å². The molecule has 0 aliphatic carbocycles. The van der Waals surface area contributed by atoms with Crippen LogP contribution in [0.1, 0.15) is 19.8 Å². The number of anilines is 2. The first-order valence-corrected chi connectivity index (χ1v) is 7.29. The van der Waals surface area contributed by atoms with Crippen molar-refractivity contribution in [2.24, 2.45) is 0 Å². The molecule has 7 nitrogen and oxygen atoms in total. The number of fused-ring (bicyclic) bond motifs is 1. The maximum Gasteiger partial charge on any atom is 0.319 e.